The van der Waals surface area contributed by atoms with Gasteiger partial charge in [-0.3, -0.25) is 19.5 Å². The van der Waals surface area contributed by atoms with Gasteiger partial charge in [0.05, 0.1) is 0 Å². The minimum atomic E-state index is -0.360. The number of amides is 2. The second-order valence-electron chi connectivity index (χ2n) is 8.69. The van der Waals surface area contributed by atoms with Gasteiger partial charge in [0.25, 0.3) is 11.5 Å². The van der Waals surface area contributed by atoms with Crippen molar-refractivity contribution in [2.45, 2.75) is 51.5 Å². The Hall–Kier alpha value is -2.64. The fraction of sp³-hybridized carbons (Fsp3) is 0.600. The summed E-state index contributed by atoms with van der Waals surface area (Å²) in [6.45, 7) is 3.84. The SMILES string of the molecule is Cc1cc2ncc(C(=O)N3CCCC4(CCC(=O)N(C5CC5)C4)C3)c(=O)n2[nH]1. The van der Waals surface area contributed by atoms with E-state index < -0.39 is 0 Å². The molecule has 1 spiro atoms. The Morgan fingerprint density at radius 2 is 2.07 bits per heavy atom. The zero-order valence-electron chi connectivity index (χ0n) is 16.1. The highest BCUT2D eigenvalue weighted by atomic mass is 16.2. The van der Waals surface area contributed by atoms with Gasteiger partial charge in [0, 0.05) is 55.5 Å². The van der Waals surface area contributed by atoms with Crippen LogP contribution >= 0.6 is 0 Å². The Balaban J connectivity index is 1.40. The summed E-state index contributed by atoms with van der Waals surface area (Å²) in [7, 11) is 0. The zero-order chi connectivity index (χ0) is 19.5. The van der Waals surface area contributed by atoms with E-state index in [1.165, 1.54) is 10.7 Å². The van der Waals surface area contributed by atoms with Crippen molar-refractivity contribution in [3.05, 3.63) is 33.9 Å². The molecule has 2 aliphatic heterocycles. The normalized spacial score (nSPS) is 25.7. The van der Waals surface area contributed by atoms with Crippen LogP contribution in [-0.2, 0) is 4.79 Å². The Morgan fingerprint density at radius 1 is 1.25 bits per heavy atom. The number of aromatic amines is 1. The summed E-state index contributed by atoms with van der Waals surface area (Å²) in [5, 5.41) is 2.94. The fourth-order valence-electron chi connectivity index (χ4n) is 4.87. The molecule has 1 atom stereocenters. The number of fused-ring (bicyclic) bond motifs is 1. The van der Waals surface area contributed by atoms with Gasteiger partial charge < -0.3 is 9.80 Å². The average molecular weight is 383 g/mol. The molecular formula is C20H25N5O3. The fourth-order valence-corrected chi connectivity index (χ4v) is 4.87. The van der Waals surface area contributed by atoms with Crippen molar-refractivity contribution >= 4 is 17.5 Å². The molecule has 3 fully saturated rings. The summed E-state index contributed by atoms with van der Waals surface area (Å²) in [5.74, 6) is -0.000291. The molecule has 0 bridgehead atoms. The highest BCUT2D eigenvalue weighted by Gasteiger charge is 2.46. The standard InChI is InChI=1S/C20H25N5O3/c1-13-9-16-21-10-15(19(28)25(16)22-13)18(27)23-8-2-6-20(11-23)7-5-17(26)24(12-20)14-3-4-14/h9-10,14,22H,2-8,11-12H2,1H3. The molecule has 3 aliphatic rings. The highest BCUT2D eigenvalue weighted by Crippen LogP contribution is 2.42. The van der Waals surface area contributed by atoms with Crippen LogP contribution in [0, 0.1) is 12.3 Å². The lowest BCUT2D eigenvalue weighted by molar-refractivity contribution is -0.139. The van der Waals surface area contributed by atoms with Crippen LogP contribution in [0.15, 0.2) is 17.1 Å². The number of nitrogens with zero attached hydrogens (tertiary/aromatic N) is 4. The van der Waals surface area contributed by atoms with Crippen LogP contribution in [0.4, 0.5) is 0 Å². The lowest BCUT2D eigenvalue weighted by atomic mass is 9.73. The van der Waals surface area contributed by atoms with Crippen LogP contribution in [-0.4, -0.2) is 61.9 Å². The first-order valence-electron chi connectivity index (χ1n) is 10.1. The first kappa shape index (κ1) is 17.5. The maximum Gasteiger partial charge on any atom is 0.285 e. The minimum Gasteiger partial charge on any atom is -0.339 e. The van der Waals surface area contributed by atoms with Crippen molar-refractivity contribution in [2.24, 2.45) is 5.41 Å². The molecule has 1 aliphatic carbocycles. The molecule has 28 heavy (non-hydrogen) atoms. The van der Waals surface area contributed by atoms with Gasteiger partial charge in [0.15, 0.2) is 5.65 Å². The van der Waals surface area contributed by atoms with Gasteiger partial charge in [-0.1, -0.05) is 0 Å². The molecule has 2 saturated heterocycles. The van der Waals surface area contributed by atoms with Crippen LogP contribution in [0.25, 0.3) is 5.65 Å². The molecule has 1 unspecified atom stereocenters. The summed E-state index contributed by atoms with van der Waals surface area (Å²) in [5.41, 5.74) is 1.03. The second-order valence-corrected chi connectivity index (χ2v) is 8.69. The highest BCUT2D eigenvalue weighted by molar-refractivity contribution is 5.94. The number of hydrogen-bond donors (Lipinski definition) is 1. The molecule has 4 heterocycles. The topological polar surface area (TPSA) is 90.8 Å². The van der Waals surface area contributed by atoms with E-state index >= 15 is 0 Å². The Kier molecular flexibility index (Phi) is 3.86. The summed E-state index contributed by atoms with van der Waals surface area (Å²) >= 11 is 0. The monoisotopic (exact) mass is 383 g/mol. The number of aryl methyl sites for hydroxylation is 1. The summed E-state index contributed by atoms with van der Waals surface area (Å²) in [6, 6.07) is 2.18. The molecule has 2 aromatic heterocycles. The van der Waals surface area contributed by atoms with Crippen LogP contribution in [0.2, 0.25) is 0 Å². The molecule has 148 valence electrons. The maximum atomic E-state index is 13.2. The van der Waals surface area contributed by atoms with E-state index in [9.17, 15) is 14.4 Å². The van der Waals surface area contributed by atoms with Gasteiger partial charge in [-0.05, 0) is 39.0 Å². The molecule has 1 N–H and O–H groups in total. The van der Waals surface area contributed by atoms with Gasteiger partial charge in [-0.2, -0.15) is 0 Å². The summed E-state index contributed by atoms with van der Waals surface area (Å²) in [4.78, 5) is 46.4. The predicted octanol–water partition coefficient (Wildman–Crippen LogP) is 1.34. The van der Waals surface area contributed by atoms with E-state index in [4.69, 9.17) is 0 Å². The third-order valence-corrected chi connectivity index (χ3v) is 6.48. The van der Waals surface area contributed by atoms with E-state index in [1.54, 1.807) is 11.0 Å². The molecule has 0 aromatic carbocycles. The van der Waals surface area contributed by atoms with Crippen LogP contribution in [0.1, 0.15) is 54.6 Å². The molecular weight excluding hydrogens is 358 g/mol. The number of piperidine rings is 2. The van der Waals surface area contributed by atoms with E-state index in [0.29, 0.717) is 31.2 Å². The molecule has 0 radical (unpaired) electrons. The lowest BCUT2D eigenvalue weighted by Crippen LogP contribution is -2.55. The zero-order valence-corrected chi connectivity index (χ0v) is 16.1. The van der Waals surface area contributed by atoms with Crippen molar-refractivity contribution < 1.29 is 9.59 Å². The molecule has 2 amide bonds. The molecule has 2 aromatic rings. The molecule has 5 rings (SSSR count). The number of H-pyrrole nitrogens is 1. The van der Waals surface area contributed by atoms with Crippen LogP contribution in [0.5, 0.6) is 0 Å². The Labute approximate surface area is 162 Å². The van der Waals surface area contributed by atoms with Gasteiger partial charge in [0.1, 0.15) is 5.56 Å². The predicted molar refractivity (Wildman–Crippen MR) is 102 cm³/mol. The number of aromatic nitrogens is 3. The maximum absolute atomic E-state index is 13.2. The van der Waals surface area contributed by atoms with Gasteiger partial charge in [0.2, 0.25) is 5.91 Å². The van der Waals surface area contributed by atoms with Crippen molar-refractivity contribution in [1.29, 1.82) is 0 Å². The number of nitrogens with one attached hydrogen (secondary N) is 1. The number of rotatable bonds is 2. The summed E-state index contributed by atoms with van der Waals surface area (Å²) in [6.07, 6.45) is 6.91. The van der Waals surface area contributed by atoms with E-state index in [1.807, 2.05) is 11.8 Å². The van der Waals surface area contributed by atoms with E-state index in [-0.39, 0.29) is 28.4 Å². The average Bonchev–Trinajstić information content (AvgIpc) is 3.45. The van der Waals surface area contributed by atoms with E-state index in [0.717, 1.165) is 44.3 Å². The number of hydrogen-bond acceptors (Lipinski definition) is 4. The Bertz CT molecular complexity index is 1020. The van der Waals surface area contributed by atoms with Crippen molar-refractivity contribution in [1.82, 2.24) is 24.4 Å². The van der Waals surface area contributed by atoms with Gasteiger partial charge in [-0.25, -0.2) is 9.50 Å². The first-order valence-corrected chi connectivity index (χ1v) is 10.1. The molecule has 8 heteroatoms. The summed E-state index contributed by atoms with van der Waals surface area (Å²) < 4.78 is 1.33. The van der Waals surface area contributed by atoms with Crippen molar-refractivity contribution in [3.63, 3.8) is 0 Å². The van der Waals surface area contributed by atoms with Gasteiger partial charge in [-0.15, -0.1) is 0 Å². The van der Waals surface area contributed by atoms with Crippen molar-refractivity contribution in [3.8, 4) is 0 Å². The van der Waals surface area contributed by atoms with Gasteiger partial charge >= 0.3 is 0 Å². The second kappa shape index (κ2) is 6.18. The molecule has 1 saturated carbocycles. The Morgan fingerprint density at radius 3 is 2.86 bits per heavy atom. The van der Waals surface area contributed by atoms with Crippen molar-refractivity contribution in [2.75, 3.05) is 19.6 Å². The largest absolute Gasteiger partial charge is 0.339 e. The quantitative estimate of drug-likeness (QED) is 0.847. The number of likely N-dealkylation sites (tertiary alicyclic amines) is 2. The third kappa shape index (κ3) is 2.82. The smallest absolute Gasteiger partial charge is 0.285 e. The number of carbonyl (C=O) groups excluding carboxylic acids is 2. The van der Waals surface area contributed by atoms with Crippen LogP contribution in [0.3, 0.4) is 0 Å². The van der Waals surface area contributed by atoms with E-state index in [2.05, 4.69) is 10.1 Å². The van der Waals surface area contributed by atoms with Crippen LogP contribution < -0.4 is 5.56 Å². The number of carbonyl (C=O) groups is 2. The molecule has 8 nitrogen and oxygen atoms in total. The lowest BCUT2D eigenvalue weighted by Gasteiger charge is -2.48. The third-order valence-electron chi connectivity index (χ3n) is 6.48. The minimum absolute atomic E-state index is 0.0405. The first-order chi connectivity index (χ1) is 13.5.